The first-order valence-electron chi connectivity index (χ1n) is 7.57. The Morgan fingerprint density at radius 2 is 2.04 bits per heavy atom. The van der Waals surface area contributed by atoms with Crippen molar-refractivity contribution in [2.24, 2.45) is 0 Å². The van der Waals surface area contributed by atoms with Crippen LogP contribution < -0.4 is 4.72 Å². The number of rotatable bonds is 7. The lowest BCUT2D eigenvalue weighted by atomic mass is 9.89. The molecule has 0 unspecified atom stereocenters. The summed E-state index contributed by atoms with van der Waals surface area (Å²) in [4.78, 5) is 4.39. The minimum atomic E-state index is -3.48. The first-order chi connectivity index (χ1) is 10.7. The van der Waals surface area contributed by atoms with Crippen molar-refractivity contribution in [2.75, 3.05) is 6.54 Å². The summed E-state index contributed by atoms with van der Waals surface area (Å²) < 4.78 is 32.1. The molecule has 0 aliphatic rings. The zero-order chi connectivity index (χ0) is 17.1. The summed E-state index contributed by atoms with van der Waals surface area (Å²) in [5, 5.41) is 3.78. The highest BCUT2D eigenvalue weighted by Crippen LogP contribution is 2.20. The molecule has 2 rings (SSSR count). The average Bonchev–Trinajstić information content (AvgIpc) is 2.93. The highest BCUT2D eigenvalue weighted by molar-refractivity contribution is 7.88. The van der Waals surface area contributed by atoms with Gasteiger partial charge in [0, 0.05) is 36.3 Å². The van der Waals surface area contributed by atoms with Crippen LogP contribution >= 0.6 is 0 Å². The summed E-state index contributed by atoms with van der Waals surface area (Å²) >= 11 is 0. The number of pyridine rings is 1. The maximum atomic E-state index is 12.2. The Balaban J connectivity index is 2.01. The normalized spacial score (nSPS) is 12.5. The van der Waals surface area contributed by atoms with E-state index >= 15 is 0 Å². The molecule has 1 N–H and O–H groups in total. The maximum Gasteiger partial charge on any atom is 0.217 e. The molecule has 7 heteroatoms. The van der Waals surface area contributed by atoms with Crippen LogP contribution in [0.1, 0.15) is 43.5 Å². The predicted octanol–water partition coefficient (Wildman–Crippen LogP) is 2.34. The fourth-order valence-electron chi connectivity index (χ4n) is 2.09. The van der Waals surface area contributed by atoms with Gasteiger partial charge in [0.05, 0.1) is 0 Å². The van der Waals surface area contributed by atoms with E-state index in [9.17, 15) is 8.42 Å². The minimum absolute atomic E-state index is 0.187. The van der Waals surface area contributed by atoms with Gasteiger partial charge in [-0.1, -0.05) is 32.0 Å². The Hall–Kier alpha value is -1.73. The van der Waals surface area contributed by atoms with Crippen LogP contribution in [-0.2, 0) is 27.6 Å². The van der Waals surface area contributed by atoms with Crippen LogP contribution in [0.15, 0.2) is 28.9 Å². The zero-order valence-corrected chi connectivity index (χ0v) is 14.8. The lowest BCUT2D eigenvalue weighted by molar-refractivity contribution is 0.382. The van der Waals surface area contributed by atoms with Gasteiger partial charge in [-0.25, -0.2) is 13.1 Å². The van der Waals surface area contributed by atoms with E-state index < -0.39 is 15.4 Å². The van der Waals surface area contributed by atoms with Gasteiger partial charge < -0.3 is 4.52 Å². The Kier molecular flexibility index (Phi) is 5.21. The molecule has 0 aliphatic heterocycles. The molecule has 0 atom stereocenters. The highest BCUT2D eigenvalue weighted by atomic mass is 32.2. The molecule has 2 aromatic heterocycles. The number of sulfonamides is 1. The molecule has 0 saturated heterocycles. The van der Waals surface area contributed by atoms with Gasteiger partial charge in [0.2, 0.25) is 10.0 Å². The van der Waals surface area contributed by atoms with Crippen LogP contribution in [0.2, 0.25) is 0 Å². The Bertz CT molecular complexity index is 749. The van der Waals surface area contributed by atoms with Crippen LogP contribution in [0.4, 0.5) is 0 Å². The van der Waals surface area contributed by atoms with Crippen molar-refractivity contribution in [2.45, 2.75) is 45.3 Å². The minimum Gasteiger partial charge on any atom is -0.361 e. The van der Waals surface area contributed by atoms with Crippen molar-refractivity contribution in [1.82, 2.24) is 14.9 Å². The average molecular weight is 337 g/mol. The van der Waals surface area contributed by atoms with Crippen LogP contribution in [0.3, 0.4) is 0 Å². The molecule has 0 aromatic carbocycles. The maximum absolute atomic E-state index is 12.2. The van der Waals surface area contributed by atoms with Crippen molar-refractivity contribution in [3.8, 4) is 0 Å². The summed E-state index contributed by atoms with van der Waals surface area (Å²) in [5.74, 6) is 0.493. The van der Waals surface area contributed by atoms with Gasteiger partial charge in [0.1, 0.15) is 17.2 Å². The third-order valence-electron chi connectivity index (χ3n) is 3.63. The Labute approximate surface area is 137 Å². The molecule has 0 saturated carbocycles. The van der Waals surface area contributed by atoms with Crippen LogP contribution in [0.25, 0.3) is 0 Å². The van der Waals surface area contributed by atoms with Crippen LogP contribution in [-0.4, -0.2) is 25.1 Å². The van der Waals surface area contributed by atoms with Gasteiger partial charge in [0.25, 0.3) is 0 Å². The summed E-state index contributed by atoms with van der Waals surface area (Å²) in [5.41, 5.74) is 1.93. The SMILES string of the molecule is CCc1cc(CS(=O)(=O)NCC(C)(C)c2ccc(C)cn2)no1. The van der Waals surface area contributed by atoms with E-state index in [2.05, 4.69) is 14.9 Å². The third-order valence-corrected chi connectivity index (χ3v) is 4.89. The number of nitrogens with one attached hydrogen (secondary N) is 1. The van der Waals surface area contributed by atoms with Crippen molar-refractivity contribution in [1.29, 1.82) is 0 Å². The van der Waals surface area contributed by atoms with Crippen LogP contribution in [0, 0.1) is 6.92 Å². The topological polar surface area (TPSA) is 85.1 Å². The van der Waals surface area contributed by atoms with Gasteiger partial charge >= 0.3 is 0 Å². The fraction of sp³-hybridized carbons (Fsp3) is 0.500. The van der Waals surface area contributed by atoms with E-state index in [1.54, 1.807) is 12.3 Å². The van der Waals surface area contributed by atoms with Gasteiger partial charge in [0.15, 0.2) is 0 Å². The smallest absolute Gasteiger partial charge is 0.217 e. The number of nitrogens with zero attached hydrogens (tertiary/aromatic N) is 2. The largest absolute Gasteiger partial charge is 0.361 e. The molecular formula is C16H23N3O3S. The quantitative estimate of drug-likeness (QED) is 0.838. The Morgan fingerprint density at radius 3 is 2.61 bits per heavy atom. The van der Waals surface area contributed by atoms with E-state index in [0.717, 1.165) is 11.3 Å². The first kappa shape index (κ1) is 17.6. The van der Waals surface area contributed by atoms with Crippen molar-refractivity contribution < 1.29 is 12.9 Å². The summed E-state index contributed by atoms with van der Waals surface area (Å²) in [6.07, 6.45) is 2.47. The van der Waals surface area contributed by atoms with Gasteiger partial charge in [-0.3, -0.25) is 4.98 Å². The van der Waals surface area contributed by atoms with E-state index in [4.69, 9.17) is 4.52 Å². The molecule has 0 radical (unpaired) electrons. The first-order valence-corrected chi connectivity index (χ1v) is 9.22. The molecular weight excluding hydrogens is 314 g/mol. The molecule has 6 nitrogen and oxygen atoms in total. The number of hydrogen-bond acceptors (Lipinski definition) is 5. The number of hydrogen-bond donors (Lipinski definition) is 1. The summed E-state index contributed by atoms with van der Waals surface area (Å²) in [7, 11) is -3.48. The molecule has 0 fully saturated rings. The second-order valence-electron chi connectivity index (χ2n) is 6.32. The van der Waals surface area contributed by atoms with Crippen molar-refractivity contribution in [3.63, 3.8) is 0 Å². The van der Waals surface area contributed by atoms with Gasteiger partial charge in [-0.15, -0.1) is 0 Å². The molecule has 0 amide bonds. The third kappa shape index (κ3) is 4.87. The molecule has 0 bridgehead atoms. The van der Waals surface area contributed by atoms with Crippen LogP contribution in [0.5, 0.6) is 0 Å². The van der Waals surface area contributed by atoms with E-state index in [1.165, 1.54) is 0 Å². The van der Waals surface area contributed by atoms with E-state index in [1.807, 2.05) is 39.8 Å². The monoisotopic (exact) mass is 337 g/mol. The van der Waals surface area contributed by atoms with E-state index in [-0.39, 0.29) is 12.3 Å². The number of aromatic nitrogens is 2. The standard InChI is InChI=1S/C16H23N3O3S/c1-5-14-8-13(19-22-14)10-23(20,21)18-11-16(3,4)15-7-6-12(2)9-17-15/h6-9,18H,5,10-11H2,1-4H3. The van der Waals surface area contributed by atoms with Gasteiger partial charge in [-0.05, 0) is 18.6 Å². The molecule has 0 aliphatic carbocycles. The van der Waals surface area contributed by atoms with Gasteiger partial charge in [-0.2, -0.15) is 0 Å². The lowest BCUT2D eigenvalue weighted by Crippen LogP contribution is -2.37. The highest BCUT2D eigenvalue weighted by Gasteiger charge is 2.25. The lowest BCUT2D eigenvalue weighted by Gasteiger charge is -2.24. The molecule has 2 heterocycles. The number of aryl methyl sites for hydroxylation is 2. The second kappa shape index (κ2) is 6.80. The van der Waals surface area contributed by atoms with E-state index in [0.29, 0.717) is 17.9 Å². The molecule has 0 spiro atoms. The molecule has 23 heavy (non-hydrogen) atoms. The summed E-state index contributed by atoms with van der Waals surface area (Å²) in [6, 6.07) is 5.57. The molecule has 2 aromatic rings. The molecule has 126 valence electrons. The van der Waals surface area contributed by atoms with Crippen molar-refractivity contribution in [3.05, 3.63) is 47.1 Å². The van der Waals surface area contributed by atoms with Crippen molar-refractivity contribution >= 4 is 10.0 Å². The fourth-order valence-corrected chi connectivity index (χ4v) is 3.29. The predicted molar refractivity (Wildman–Crippen MR) is 88.5 cm³/mol. The Morgan fingerprint density at radius 1 is 1.30 bits per heavy atom. The summed E-state index contributed by atoms with van der Waals surface area (Å²) in [6.45, 7) is 8.07. The second-order valence-corrected chi connectivity index (χ2v) is 8.13. The zero-order valence-electron chi connectivity index (χ0n) is 14.0.